The third-order valence-electron chi connectivity index (χ3n) is 2.50. The van der Waals surface area contributed by atoms with Crippen LogP contribution in [0, 0.1) is 12.7 Å². The summed E-state index contributed by atoms with van der Waals surface area (Å²) in [5.74, 6) is -0.442. The Kier molecular flexibility index (Phi) is 5.56. The SMILES string of the molecule is Cc1cc(F)ccc1S(=O)(=O)NCCCC(C)Cl. The Morgan fingerprint density at radius 1 is 1.44 bits per heavy atom. The van der Waals surface area contributed by atoms with Crippen LogP contribution in [0.5, 0.6) is 0 Å². The lowest BCUT2D eigenvalue weighted by Crippen LogP contribution is -2.25. The summed E-state index contributed by atoms with van der Waals surface area (Å²) >= 11 is 5.77. The number of benzene rings is 1. The Hall–Kier alpha value is -0.650. The molecule has 0 aliphatic heterocycles. The van der Waals surface area contributed by atoms with Crippen molar-refractivity contribution in [3.63, 3.8) is 0 Å². The number of alkyl halides is 1. The zero-order valence-electron chi connectivity index (χ0n) is 10.4. The molecule has 0 saturated carbocycles. The average Bonchev–Trinajstić information content (AvgIpc) is 2.23. The Morgan fingerprint density at radius 3 is 2.67 bits per heavy atom. The van der Waals surface area contributed by atoms with E-state index in [0.717, 1.165) is 12.5 Å². The van der Waals surface area contributed by atoms with Gasteiger partial charge in [0.25, 0.3) is 0 Å². The highest BCUT2D eigenvalue weighted by Crippen LogP contribution is 2.16. The molecule has 0 amide bonds. The van der Waals surface area contributed by atoms with Gasteiger partial charge < -0.3 is 0 Å². The molecule has 0 aliphatic carbocycles. The molecular formula is C12H17ClFNO2S. The summed E-state index contributed by atoms with van der Waals surface area (Å²) < 4.78 is 39.3. The maximum Gasteiger partial charge on any atom is 0.240 e. The van der Waals surface area contributed by atoms with Gasteiger partial charge in [-0.2, -0.15) is 0 Å². The number of halogens is 2. The van der Waals surface area contributed by atoms with Crippen LogP contribution < -0.4 is 4.72 Å². The van der Waals surface area contributed by atoms with Gasteiger partial charge in [0, 0.05) is 11.9 Å². The average molecular weight is 294 g/mol. The maximum absolute atomic E-state index is 12.9. The molecule has 1 atom stereocenters. The summed E-state index contributed by atoms with van der Waals surface area (Å²) in [4.78, 5) is 0.114. The van der Waals surface area contributed by atoms with E-state index in [-0.39, 0.29) is 10.3 Å². The predicted octanol–water partition coefficient (Wildman–Crippen LogP) is 2.82. The standard InChI is InChI=1S/C12H17ClFNO2S/c1-9-8-11(14)5-6-12(9)18(16,17)15-7-3-4-10(2)13/h5-6,8,10,15H,3-4,7H2,1-2H3. The van der Waals surface area contributed by atoms with E-state index in [2.05, 4.69) is 4.72 Å². The van der Waals surface area contributed by atoms with Crippen molar-refractivity contribution in [3.8, 4) is 0 Å². The first-order valence-electron chi connectivity index (χ1n) is 5.73. The van der Waals surface area contributed by atoms with Gasteiger partial charge >= 0.3 is 0 Å². The van der Waals surface area contributed by atoms with E-state index >= 15 is 0 Å². The lowest BCUT2D eigenvalue weighted by atomic mass is 10.2. The highest BCUT2D eigenvalue weighted by atomic mass is 35.5. The molecule has 0 bridgehead atoms. The Labute approximate surface area is 112 Å². The highest BCUT2D eigenvalue weighted by Gasteiger charge is 2.16. The molecule has 0 spiro atoms. The normalized spacial score (nSPS) is 13.6. The molecular weight excluding hydrogens is 277 g/mol. The minimum absolute atomic E-state index is 0.0297. The van der Waals surface area contributed by atoms with Gasteiger partial charge in [0.05, 0.1) is 4.90 Å². The van der Waals surface area contributed by atoms with Gasteiger partial charge in [-0.1, -0.05) is 0 Å². The van der Waals surface area contributed by atoms with Gasteiger partial charge in [-0.05, 0) is 50.5 Å². The second-order valence-corrected chi connectivity index (χ2v) is 6.71. The quantitative estimate of drug-likeness (QED) is 0.647. The Balaban J connectivity index is 2.69. The Bertz CT molecular complexity index is 503. The van der Waals surface area contributed by atoms with Gasteiger partial charge in [-0.3, -0.25) is 0 Å². The van der Waals surface area contributed by atoms with Gasteiger partial charge in [0.1, 0.15) is 5.82 Å². The molecule has 0 aromatic heterocycles. The minimum Gasteiger partial charge on any atom is -0.211 e. The smallest absolute Gasteiger partial charge is 0.211 e. The van der Waals surface area contributed by atoms with E-state index in [9.17, 15) is 12.8 Å². The van der Waals surface area contributed by atoms with Crippen molar-refractivity contribution in [2.75, 3.05) is 6.54 Å². The number of sulfonamides is 1. The molecule has 0 saturated heterocycles. The maximum atomic E-state index is 12.9. The summed E-state index contributed by atoms with van der Waals surface area (Å²) in [6.45, 7) is 3.76. The molecule has 1 aromatic carbocycles. The van der Waals surface area contributed by atoms with Gasteiger partial charge in [-0.25, -0.2) is 17.5 Å². The van der Waals surface area contributed by atoms with Crippen molar-refractivity contribution in [1.82, 2.24) is 4.72 Å². The molecule has 18 heavy (non-hydrogen) atoms. The first-order chi connectivity index (χ1) is 8.33. The van der Waals surface area contributed by atoms with E-state index in [0.29, 0.717) is 18.5 Å². The van der Waals surface area contributed by atoms with Crippen LogP contribution in [-0.4, -0.2) is 20.3 Å². The number of rotatable bonds is 6. The molecule has 102 valence electrons. The summed E-state index contributed by atoms with van der Waals surface area (Å²) in [7, 11) is -3.57. The monoisotopic (exact) mass is 293 g/mol. The predicted molar refractivity (Wildman–Crippen MR) is 70.9 cm³/mol. The first kappa shape index (κ1) is 15.4. The van der Waals surface area contributed by atoms with E-state index in [1.54, 1.807) is 6.92 Å². The first-order valence-corrected chi connectivity index (χ1v) is 7.65. The van der Waals surface area contributed by atoms with Crippen LogP contribution >= 0.6 is 11.6 Å². The van der Waals surface area contributed by atoms with Gasteiger partial charge in [-0.15, -0.1) is 11.6 Å². The minimum atomic E-state index is -3.57. The van der Waals surface area contributed by atoms with Crippen molar-refractivity contribution in [1.29, 1.82) is 0 Å². The molecule has 1 N–H and O–H groups in total. The Morgan fingerprint density at radius 2 is 2.11 bits per heavy atom. The van der Waals surface area contributed by atoms with Crippen LogP contribution in [0.3, 0.4) is 0 Å². The largest absolute Gasteiger partial charge is 0.240 e. The van der Waals surface area contributed by atoms with Crippen LogP contribution in [-0.2, 0) is 10.0 Å². The van der Waals surface area contributed by atoms with Crippen LogP contribution in [0.25, 0.3) is 0 Å². The van der Waals surface area contributed by atoms with E-state index in [4.69, 9.17) is 11.6 Å². The summed E-state index contributed by atoms with van der Waals surface area (Å²) in [6, 6.07) is 3.62. The van der Waals surface area contributed by atoms with Crippen LogP contribution in [0.1, 0.15) is 25.3 Å². The zero-order chi connectivity index (χ0) is 13.8. The number of nitrogens with one attached hydrogen (secondary N) is 1. The second-order valence-electron chi connectivity index (χ2n) is 4.23. The number of hydrogen-bond acceptors (Lipinski definition) is 2. The van der Waals surface area contributed by atoms with Crippen molar-refractivity contribution in [2.24, 2.45) is 0 Å². The van der Waals surface area contributed by atoms with E-state index < -0.39 is 15.8 Å². The number of aryl methyl sites for hydroxylation is 1. The van der Waals surface area contributed by atoms with Gasteiger partial charge in [0.15, 0.2) is 0 Å². The summed E-state index contributed by atoms with van der Waals surface area (Å²) in [5, 5.41) is 0.0297. The highest BCUT2D eigenvalue weighted by molar-refractivity contribution is 7.89. The van der Waals surface area contributed by atoms with Crippen molar-refractivity contribution in [3.05, 3.63) is 29.6 Å². The molecule has 0 fully saturated rings. The van der Waals surface area contributed by atoms with Crippen LogP contribution in [0.15, 0.2) is 23.1 Å². The zero-order valence-corrected chi connectivity index (χ0v) is 12.0. The lowest BCUT2D eigenvalue weighted by molar-refractivity contribution is 0.574. The van der Waals surface area contributed by atoms with Crippen molar-refractivity contribution < 1.29 is 12.8 Å². The molecule has 6 heteroatoms. The summed E-state index contributed by atoms with van der Waals surface area (Å²) in [6.07, 6.45) is 1.41. The molecule has 1 aromatic rings. The van der Waals surface area contributed by atoms with Crippen molar-refractivity contribution >= 4 is 21.6 Å². The third-order valence-corrected chi connectivity index (χ3v) is 4.34. The molecule has 0 aliphatic rings. The fourth-order valence-corrected chi connectivity index (χ4v) is 3.03. The number of hydrogen-bond donors (Lipinski definition) is 1. The molecule has 0 heterocycles. The van der Waals surface area contributed by atoms with E-state index in [1.807, 2.05) is 6.92 Å². The fraction of sp³-hybridized carbons (Fsp3) is 0.500. The topological polar surface area (TPSA) is 46.2 Å². The fourth-order valence-electron chi connectivity index (χ4n) is 1.58. The third kappa shape index (κ3) is 4.55. The van der Waals surface area contributed by atoms with Crippen LogP contribution in [0.2, 0.25) is 0 Å². The van der Waals surface area contributed by atoms with Gasteiger partial charge in [0.2, 0.25) is 10.0 Å². The molecule has 1 unspecified atom stereocenters. The van der Waals surface area contributed by atoms with Crippen molar-refractivity contribution in [2.45, 2.75) is 37.0 Å². The molecule has 3 nitrogen and oxygen atoms in total. The van der Waals surface area contributed by atoms with E-state index in [1.165, 1.54) is 12.1 Å². The second kappa shape index (κ2) is 6.50. The molecule has 1 rings (SSSR count). The molecule has 0 radical (unpaired) electrons. The lowest BCUT2D eigenvalue weighted by Gasteiger charge is -2.09. The summed E-state index contributed by atoms with van der Waals surface area (Å²) in [5.41, 5.74) is 0.396. The van der Waals surface area contributed by atoms with Crippen LogP contribution in [0.4, 0.5) is 4.39 Å².